The van der Waals surface area contributed by atoms with Gasteiger partial charge in [-0.1, -0.05) is 51.1 Å². The predicted octanol–water partition coefficient (Wildman–Crippen LogP) is 6.26. The van der Waals surface area contributed by atoms with E-state index in [1.54, 1.807) is 6.20 Å². The van der Waals surface area contributed by atoms with Gasteiger partial charge in [-0.3, -0.25) is 4.79 Å². The van der Waals surface area contributed by atoms with Crippen molar-refractivity contribution in [3.8, 4) is 5.75 Å². The lowest BCUT2D eigenvalue weighted by Crippen LogP contribution is -2.43. The third kappa shape index (κ3) is 4.80. The highest BCUT2D eigenvalue weighted by atomic mass is 28.4. The molecule has 0 unspecified atom stereocenters. The van der Waals surface area contributed by atoms with Gasteiger partial charge in [-0.05, 0) is 48.0 Å². The van der Waals surface area contributed by atoms with E-state index in [1.807, 2.05) is 48.5 Å². The molecule has 5 heteroatoms. The number of H-pyrrole nitrogens is 1. The number of carbonyl (C=O) groups excluding carboxylic acids is 1. The van der Waals surface area contributed by atoms with Crippen LogP contribution in [-0.2, 0) is 11.2 Å². The summed E-state index contributed by atoms with van der Waals surface area (Å²) in [6.45, 7) is 11.0. The van der Waals surface area contributed by atoms with Crippen molar-refractivity contribution >= 4 is 31.1 Å². The van der Waals surface area contributed by atoms with Crippen LogP contribution in [0.2, 0.25) is 18.1 Å². The van der Waals surface area contributed by atoms with Gasteiger partial charge in [0.1, 0.15) is 5.75 Å². The van der Waals surface area contributed by atoms with Gasteiger partial charge in [0, 0.05) is 29.1 Å². The van der Waals surface area contributed by atoms with Crippen LogP contribution < -0.4 is 4.43 Å². The van der Waals surface area contributed by atoms with Crippen molar-refractivity contribution in [2.75, 3.05) is 0 Å². The molecule has 0 spiro atoms. The zero-order valence-electron chi connectivity index (χ0n) is 17.7. The Morgan fingerprint density at radius 1 is 1.10 bits per heavy atom. The van der Waals surface area contributed by atoms with E-state index in [2.05, 4.69) is 38.8 Å². The van der Waals surface area contributed by atoms with Gasteiger partial charge in [-0.25, -0.2) is 0 Å². The van der Waals surface area contributed by atoms with E-state index < -0.39 is 8.32 Å². The largest absolute Gasteiger partial charge is 0.544 e. The number of aliphatic hydroxyl groups excluding tert-OH is 1. The van der Waals surface area contributed by atoms with Crippen LogP contribution in [0.15, 0.2) is 60.5 Å². The predicted molar refractivity (Wildman–Crippen MR) is 122 cm³/mol. The number of carbonyl (C=O) groups is 1. The van der Waals surface area contributed by atoms with Gasteiger partial charge in [-0.2, -0.15) is 0 Å². The molecule has 4 nitrogen and oxygen atoms in total. The molecule has 0 atom stereocenters. The number of allylic oxidation sites excluding steroid dienone is 1. The molecule has 0 aliphatic rings. The average Bonchev–Trinajstić information content (AvgIpc) is 3.05. The second-order valence-electron chi connectivity index (χ2n) is 8.93. The van der Waals surface area contributed by atoms with E-state index in [0.717, 1.165) is 27.8 Å². The first-order chi connectivity index (χ1) is 13.6. The second kappa shape index (κ2) is 7.91. The number of nitrogens with one attached hydrogen (secondary N) is 1. The van der Waals surface area contributed by atoms with Gasteiger partial charge in [0.15, 0.2) is 5.76 Å². The Labute approximate surface area is 173 Å². The zero-order valence-corrected chi connectivity index (χ0v) is 18.7. The maximum atomic E-state index is 12.5. The monoisotopic (exact) mass is 407 g/mol. The van der Waals surface area contributed by atoms with E-state index in [9.17, 15) is 9.90 Å². The maximum absolute atomic E-state index is 12.5. The molecule has 1 heterocycles. The lowest BCUT2D eigenvalue weighted by atomic mass is 10.1. The summed E-state index contributed by atoms with van der Waals surface area (Å²) >= 11 is 0. The van der Waals surface area contributed by atoms with Gasteiger partial charge in [0.25, 0.3) is 0 Å². The minimum absolute atomic E-state index is 0.126. The average molecular weight is 408 g/mol. The topological polar surface area (TPSA) is 62.3 Å². The van der Waals surface area contributed by atoms with E-state index >= 15 is 0 Å². The number of para-hydroxylation sites is 1. The summed E-state index contributed by atoms with van der Waals surface area (Å²) in [5, 5.41) is 11.4. The molecule has 152 valence electrons. The van der Waals surface area contributed by atoms with Gasteiger partial charge in [0.05, 0.1) is 0 Å². The summed E-state index contributed by atoms with van der Waals surface area (Å²) < 4.78 is 6.27. The molecule has 0 fully saturated rings. The van der Waals surface area contributed by atoms with Crippen molar-refractivity contribution in [3.63, 3.8) is 0 Å². The Balaban J connectivity index is 1.69. The number of fused-ring (bicyclic) bond motifs is 1. The Hall–Kier alpha value is -2.79. The highest BCUT2D eigenvalue weighted by Gasteiger charge is 2.38. The van der Waals surface area contributed by atoms with Crippen LogP contribution in [0.3, 0.4) is 0 Å². The number of rotatable bonds is 6. The van der Waals surface area contributed by atoms with E-state index in [0.29, 0.717) is 0 Å². The molecule has 2 N–H and O–H groups in total. The van der Waals surface area contributed by atoms with Crippen LogP contribution in [0, 0.1) is 0 Å². The van der Waals surface area contributed by atoms with Crippen molar-refractivity contribution in [1.82, 2.24) is 4.98 Å². The van der Waals surface area contributed by atoms with E-state index in [-0.39, 0.29) is 23.0 Å². The molecule has 29 heavy (non-hydrogen) atoms. The smallest absolute Gasteiger partial charge is 0.250 e. The van der Waals surface area contributed by atoms with E-state index in [4.69, 9.17) is 4.43 Å². The third-order valence-electron chi connectivity index (χ3n) is 5.67. The van der Waals surface area contributed by atoms with Gasteiger partial charge in [-0.15, -0.1) is 0 Å². The highest BCUT2D eigenvalue weighted by Crippen LogP contribution is 2.37. The molecule has 0 aliphatic carbocycles. The lowest BCUT2D eigenvalue weighted by Gasteiger charge is -2.36. The van der Waals surface area contributed by atoms with Gasteiger partial charge < -0.3 is 14.5 Å². The number of aromatic amines is 1. The van der Waals surface area contributed by atoms with Crippen molar-refractivity contribution in [1.29, 1.82) is 0 Å². The molecule has 3 rings (SSSR count). The summed E-state index contributed by atoms with van der Waals surface area (Å²) in [5.41, 5.74) is 2.61. The van der Waals surface area contributed by atoms with Crippen LogP contribution in [0.4, 0.5) is 0 Å². The van der Waals surface area contributed by atoms with Crippen LogP contribution in [0.5, 0.6) is 5.75 Å². The van der Waals surface area contributed by atoms with Crippen LogP contribution in [0.25, 0.3) is 17.0 Å². The summed E-state index contributed by atoms with van der Waals surface area (Å²) in [6.07, 6.45) is 3.46. The SMILES string of the molecule is CC(C)(C)[Si](C)(C)Oc1ccc(CC(=O)/C(O)=C/c2c[nH]c3ccccc23)cc1. The molecule has 0 aliphatic heterocycles. The minimum atomic E-state index is -1.89. The molecule has 1 aromatic heterocycles. The fourth-order valence-electron chi connectivity index (χ4n) is 2.84. The third-order valence-corrected chi connectivity index (χ3v) is 10.0. The Kier molecular flexibility index (Phi) is 5.71. The normalized spacial score (nSPS) is 12.9. The summed E-state index contributed by atoms with van der Waals surface area (Å²) in [4.78, 5) is 15.6. The molecule has 3 aromatic rings. The van der Waals surface area contributed by atoms with E-state index in [1.165, 1.54) is 6.08 Å². The molecule has 0 amide bonds. The molecule has 0 radical (unpaired) electrons. The first-order valence-electron chi connectivity index (χ1n) is 9.85. The van der Waals surface area contributed by atoms with Gasteiger partial charge >= 0.3 is 0 Å². The second-order valence-corrected chi connectivity index (χ2v) is 13.7. The van der Waals surface area contributed by atoms with Crippen molar-refractivity contribution in [3.05, 3.63) is 71.6 Å². The Morgan fingerprint density at radius 3 is 2.41 bits per heavy atom. The first kappa shape index (κ1) is 20.9. The molecule has 0 saturated heterocycles. The van der Waals surface area contributed by atoms with Crippen LogP contribution in [0.1, 0.15) is 31.9 Å². The minimum Gasteiger partial charge on any atom is -0.544 e. The fraction of sp³-hybridized carbons (Fsp3) is 0.292. The molecule has 2 aromatic carbocycles. The highest BCUT2D eigenvalue weighted by molar-refractivity contribution is 6.74. The zero-order chi connectivity index (χ0) is 21.2. The molecular weight excluding hydrogens is 378 g/mol. The Morgan fingerprint density at radius 2 is 1.76 bits per heavy atom. The number of Topliss-reactive ketones (excluding diaryl/α,β-unsaturated/α-hetero) is 1. The summed E-state index contributed by atoms with van der Waals surface area (Å²) in [6, 6.07) is 15.4. The number of ketones is 1. The van der Waals surface area contributed by atoms with Crippen molar-refractivity contribution in [2.45, 2.75) is 45.3 Å². The summed E-state index contributed by atoms with van der Waals surface area (Å²) in [5.74, 6) is 0.274. The summed E-state index contributed by atoms with van der Waals surface area (Å²) in [7, 11) is -1.89. The van der Waals surface area contributed by atoms with Crippen LogP contribution >= 0.6 is 0 Å². The van der Waals surface area contributed by atoms with Crippen LogP contribution in [-0.4, -0.2) is 24.2 Å². The number of aromatic nitrogens is 1. The van der Waals surface area contributed by atoms with Gasteiger partial charge in [0.2, 0.25) is 14.1 Å². The quantitative estimate of drug-likeness (QED) is 0.288. The number of hydrogen-bond donors (Lipinski definition) is 2. The lowest BCUT2D eigenvalue weighted by molar-refractivity contribution is -0.117. The maximum Gasteiger partial charge on any atom is 0.250 e. The number of hydrogen-bond acceptors (Lipinski definition) is 3. The first-order valence-corrected chi connectivity index (χ1v) is 12.8. The molecule has 0 bridgehead atoms. The van der Waals surface area contributed by atoms with Crippen molar-refractivity contribution in [2.24, 2.45) is 0 Å². The number of benzene rings is 2. The number of aliphatic hydroxyl groups is 1. The molecular formula is C24H29NO3Si. The van der Waals surface area contributed by atoms with Crippen molar-refractivity contribution < 1.29 is 14.3 Å². The molecule has 0 saturated carbocycles. The fourth-order valence-corrected chi connectivity index (χ4v) is 3.87. The standard InChI is InChI=1S/C24H29NO3Si/c1-24(2,3)29(4,5)28-19-12-10-17(11-13-19)14-22(26)23(27)15-18-16-25-21-9-7-6-8-20(18)21/h6-13,15-16,25,27H,14H2,1-5H3/b23-15-. The Bertz CT molecular complexity index is 1040.